The summed E-state index contributed by atoms with van der Waals surface area (Å²) in [4.78, 5) is 24.4. The van der Waals surface area contributed by atoms with Gasteiger partial charge in [0.25, 0.3) is 0 Å². The Balaban J connectivity index is 4.32. The van der Waals surface area contributed by atoms with E-state index in [9.17, 15) is 14.0 Å². The van der Waals surface area contributed by atoms with E-state index in [4.69, 9.17) is 15.4 Å². The molecular formula is C11H19FN4O4. The number of ether oxygens (including phenoxy) is 1. The van der Waals surface area contributed by atoms with Gasteiger partial charge in [0, 0.05) is 0 Å². The van der Waals surface area contributed by atoms with Gasteiger partial charge in [-0.15, -0.1) is 10.5 Å². The SMILES string of the molecule is CC(C)(C)OC(=O)N(CCC[C@@H](F)CC(=O)O)N=[N+]=[N-]. The predicted molar refractivity (Wildman–Crippen MR) is 68.5 cm³/mol. The summed E-state index contributed by atoms with van der Waals surface area (Å²) >= 11 is 0. The Morgan fingerprint density at radius 1 is 1.50 bits per heavy atom. The average Bonchev–Trinajstić information content (AvgIpc) is 2.24. The van der Waals surface area contributed by atoms with Crippen LogP contribution in [-0.2, 0) is 9.53 Å². The Labute approximate surface area is 116 Å². The summed E-state index contributed by atoms with van der Waals surface area (Å²) in [6.07, 6.45) is -2.81. The number of carbonyl (C=O) groups is 2. The third kappa shape index (κ3) is 8.98. The third-order valence-electron chi connectivity index (χ3n) is 2.04. The number of carboxylic acid groups (broad SMARTS) is 1. The fraction of sp³-hybridized carbons (Fsp3) is 0.818. The first-order valence-electron chi connectivity index (χ1n) is 6.07. The first-order valence-corrected chi connectivity index (χ1v) is 6.07. The van der Waals surface area contributed by atoms with Gasteiger partial charge in [0.1, 0.15) is 18.3 Å². The average molecular weight is 290 g/mol. The van der Waals surface area contributed by atoms with Crippen LogP contribution in [0.5, 0.6) is 0 Å². The standard InChI is InChI=1S/C11H19FN4O4/c1-11(2,3)20-10(19)16(15-14-13)6-4-5-8(12)7-9(17)18/h8H,4-7H2,1-3H3,(H,17,18)/t8-/m1/s1. The highest BCUT2D eigenvalue weighted by atomic mass is 19.1. The summed E-state index contributed by atoms with van der Waals surface area (Å²) in [6.45, 7) is 4.93. The molecule has 0 aromatic carbocycles. The van der Waals surface area contributed by atoms with Crippen LogP contribution in [0.15, 0.2) is 5.22 Å². The Morgan fingerprint density at radius 2 is 2.10 bits per heavy atom. The zero-order valence-corrected chi connectivity index (χ0v) is 11.7. The second-order valence-corrected chi connectivity index (χ2v) is 5.12. The molecule has 0 bridgehead atoms. The lowest BCUT2D eigenvalue weighted by Gasteiger charge is -2.21. The molecule has 0 spiro atoms. The van der Waals surface area contributed by atoms with Gasteiger partial charge in [0.15, 0.2) is 0 Å². The van der Waals surface area contributed by atoms with Gasteiger partial charge in [0.05, 0.1) is 6.42 Å². The number of carbonyl (C=O) groups excluding carboxylic acids is 1. The van der Waals surface area contributed by atoms with Crippen molar-refractivity contribution < 1.29 is 23.8 Å². The fourth-order valence-electron chi connectivity index (χ4n) is 1.29. The molecule has 1 atom stereocenters. The van der Waals surface area contributed by atoms with Gasteiger partial charge in [-0.3, -0.25) is 4.79 Å². The maximum absolute atomic E-state index is 13.1. The van der Waals surface area contributed by atoms with Gasteiger partial charge in [-0.2, -0.15) is 9.71 Å². The van der Waals surface area contributed by atoms with Gasteiger partial charge in [0.2, 0.25) is 0 Å². The molecule has 8 nitrogen and oxygen atoms in total. The van der Waals surface area contributed by atoms with E-state index in [1.807, 2.05) is 0 Å². The molecule has 0 unspecified atom stereocenters. The molecule has 1 amide bonds. The third-order valence-corrected chi connectivity index (χ3v) is 2.04. The van der Waals surface area contributed by atoms with E-state index in [-0.39, 0.29) is 19.4 Å². The molecule has 9 heteroatoms. The number of carboxylic acids is 1. The minimum atomic E-state index is -1.50. The quantitative estimate of drug-likeness (QED) is 0.335. The van der Waals surface area contributed by atoms with Crippen LogP contribution < -0.4 is 0 Å². The monoisotopic (exact) mass is 290 g/mol. The van der Waals surface area contributed by atoms with E-state index >= 15 is 0 Å². The lowest BCUT2D eigenvalue weighted by atomic mass is 10.1. The molecule has 0 saturated carbocycles. The number of aliphatic carboxylic acids is 1. The van der Waals surface area contributed by atoms with E-state index in [0.717, 1.165) is 5.01 Å². The molecular weight excluding hydrogens is 271 g/mol. The number of nitrogens with zero attached hydrogens (tertiary/aromatic N) is 4. The largest absolute Gasteiger partial charge is 0.510 e. The fourth-order valence-corrected chi connectivity index (χ4v) is 1.29. The number of hydrogen-bond acceptors (Lipinski definition) is 4. The van der Waals surface area contributed by atoms with Gasteiger partial charge in [-0.25, -0.2) is 4.39 Å². The van der Waals surface area contributed by atoms with E-state index < -0.39 is 30.3 Å². The summed E-state index contributed by atoms with van der Waals surface area (Å²) in [5.74, 6) is -1.23. The smallest absolute Gasteiger partial charge is 0.481 e. The van der Waals surface area contributed by atoms with E-state index in [2.05, 4.69) is 10.1 Å². The van der Waals surface area contributed by atoms with Crippen molar-refractivity contribution in [1.29, 1.82) is 0 Å². The molecule has 0 aromatic rings. The van der Waals surface area contributed by atoms with Crippen LogP contribution in [0, 0.1) is 0 Å². The van der Waals surface area contributed by atoms with Gasteiger partial charge in [-0.1, -0.05) is 0 Å². The minimum absolute atomic E-state index is 0.0426. The van der Waals surface area contributed by atoms with Crippen LogP contribution in [0.4, 0.5) is 9.18 Å². The molecule has 0 aliphatic heterocycles. The maximum atomic E-state index is 13.1. The summed E-state index contributed by atoms with van der Waals surface area (Å²) in [6, 6.07) is 0. The second kappa shape index (κ2) is 8.21. The highest BCUT2D eigenvalue weighted by Crippen LogP contribution is 2.12. The summed E-state index contributed by atoms with van der Waals surface area (Å²) in [7, 11) is 0. The molecule has 0 aliphatic rings. The summed E-state index contributed by atoms with van der Waals surface area (Å²) in [5, 5.41) is 12.3. The van der Waals surface area contributed by atoms with Crippen LogP contribution in [0.3, 0.4) is 0 Å². The van der Waals surface area contributed by atoms with E-state index in [0.29, 0.717) is 0 Å². The molecule has 0 radical (unpaired) electrons. The van der Waals surface area contributed by atoms with Crippen LogP contribution in [0.1, 0.15) is 40.0 Å². The summed E-state index contributed by atoms with van der Waals surface area (Å²) < 4.78 is 18.2. The van der Waals surface area contributed by atoms with Crippen molar-refractivity contribution in [1.82, 2.24) is 5.01 Å². The molecule has 114 valence electrons. The van der Waals surface area contributed by atoms with Gasteiger partial charge in [-0.05, 0) is 38.8 Å². The molecule has 0 aliphatic carbocycles. The number of amides is 1. The van der Waals surface area contributed by atoms with Crippen molar-refractivity contribution in [3.63, 3.8) is 0 Å². The minimum Gasteiger partial charge on any atom is -0.481 e. The van der Waals surface area contributed by atoms with Crippen molar-refractivity contribution in [2.45, 2.75) is 51.8 Å². The first-order chi connectivity index (χ1) is 9.15. The number of alkyl halides is 1. The van der Waals surface area contributed by atoms with Crippen molar-refractivity contribution in [2.75, 3.05) is 6.54 Å². The van der Waals surface area contributed by atoms with Crippen LogP contribution in [-0.4, -0.2) is 40.5 Å². The van der Waals surface area contributed by atoms with Gasteiger partial charge < -0.3 is 9.84 Å². The zero-order chi connectivity index (χ0) is 15.8. The van der Waals surface area contributed by atoms with Crippen LogP contribution in [0.2, 0.25) is 0 Å². The number of hydrogen-bond donors (Lipinski definition) is 1. The normalized spacial score (nSPS) is 12.2. The lowest BCUT2D eigenvalue weighted by molar-refractivity contribution is -0.138. The van der Waals surface area contributed by atoms with Crippen molar-refractivity contribution in [2.24, 2.45) is 5.22 Å². The Morgan fingerprint density at radius 3 is 2.55 bits per heavy atom. The topological polar surface area (TPSA) is 116 Å². The Hall–Kier alpha value is -2.02. The number of azide groups is 1. The van der Waals surface area contributed by atoms with Crippen molar-refractivity contribution >= 4 is 12.1 Å². The number of halogens is 1. The highest BCUT2D eigenvalue weighted by molar-refractivity contribution is 5.67. The van der Waals surface area contributed by atoms with E-state index in [1.165, 1.54) is 0 Å². The molecule has 0 fully saturated rings. The molecule has 0 heterocycles. The Kier molecular flexibility index (Phi) is 7.38. The van der Waals surface area contributed by atoms with Gasteiger partial charge >= 0.3 is 12.1 Å². The predicted octanol–water partition coefficient (Wildman–Crippen LogP) is 3.04. The van der Waals surface area contributed by atoms with Crippen LogP contribution >= 0.6 is 0 Å². The lowest BCUT2D eigenvalue weighted by Crippen LogP contribution is -2.34. The molecule has 0 aromatic heterocycles. The summed E-state index contributed by atoms with van der Waals surface area (Å²) in [5.41, 5.74) is 7.62. The van der Waals surface area contributed by atoms with Crippen LogP contribution in [0.25, 0.3) is 10.4 Å². The van der Waals surface area contributed by atoms with E-state index in [1.54, 1.807) is 20.8 Å². The second-order valence-electron chi connectivity index (χ2n) is 5.12. The number of rotatable bonds is 7. The highest BCUT2D eigenvalue weighted by Gasteiger charge is 2.25. The van der Waals surface area contributed by atoms with Crippen molar-refractivity contribution in [3.8, 4) is 0 Å². The zero-order valence-electron chi connectivity index (χ0n) is 11.7. The molecule has 0 rings (SSSR count). The molecule has 20 heavy (non-hydrogen) atoms. The Bertz CT molecular complexity index is 390. The maximum Gasteiger partial charge on any atom is 0.510 e. The molecule has 0 saturated heterocycles. The van der Waals surface area contributed by atoms with Crippen molar-refractivity contribution in [3.05, 3.63) is 10.4 Å². The first kappa shape index (κ1) is 18.0. The molecule has 1 N–H and O–H groups in total.